The maximum atomic E-state index is 6.39. The lowest BCUT2D eigenvalue weighted by Crippen LogP contribution is -2.51. The number of ether oxygens (including phenoxy) is 4. The highest BCUT2D eigenvalue weighted by molar-refractivity contribution is 6.74. The van der Waals surface area contributed by atoms with Gasteiger partial charge >= 0.3 is 0 Å². The summed E-state index contributed by atoms with van der Waals surface area (Å²) >= 11 is 0. The molecule has 0 aromatic heterocycles. The Morgan fingerprint density at radius 1 is 0.795 bits per heavy atom. The van der Waals surface area contributed by atoms with Crippen molar-refractivity contribution in [1.82, 2.24) is 0 Å². The lowest BCUT2D eigenvalue weighted by Gasteiger charge is -2.38. The Morgan fingerprint density at radius 2 is 1.26 bits per heavy atom. The van der Waals surface area contributed by atoms with Crippen LogP contribution in [0.3, 0.4) is 0 Å². The van der Waals surface area contributed by atoms with Crippen molar-refractivity contribution in [1.29, 1.82) is 0 Å². The second kappa shape index (κ2) is 10.6. The first-order valence-electron chi connectivity index (χ1n) is 14.3. The fourth-order valence-corrected chi connectivity index (χ4v) is 5.43. The Balaban J connectivity index is 1.50. The Morgan fingerprint density at radius 3 is 1.64 bits per heavy atom. The molecule has 0 amide bonds. The molecule has 1 saturated heterocycles. The normalized spacial score (nSPS) is 24.7. The van der Waals surface area contributed by atoms with Crippen LogP contribution in [0.25, 0.3) is 0 Å². The molecule has 0 aliphatic carbocycles. The van der Waals surface area contributed by atoms with Crippen LogP contribution in [-0.2, 0) is 30.0 Å². The molecule has 218 valence electrons. The Hall–Kier alpha value is -1.74. The fraction of sp³-hybridized carbons (Fsp3) is 0.742. The van der Waals surface area contributed by atoms with Crippen molar-refractivity contribution in [2.24, 2.45) is 26.2 Å². The minimum absolute atomic E-state index is 0.00973. The predicted octanol–water partition coefficient (Wildman–Crippen LogP) is 6.93. The highest BCUT2D eigenvalue weighted by atomic mass is 28.4. The predicted molar refractivity (Wildman–Crippen MR) is 159 cm³/mol. The SMILES string of the molecule is CC(C)(C)[C@H]1COC(C2(C3=N[C@@H](C(C)(C)C)CO3)COC(c3ccc(CO[Si](C)(C)C(C)(C)C)cc3)OC2)=N1. The first-order chi connectivity index (χ1) is 17.9. The Bertz CT molecular complexity index is 1030. The van der Waals surface area contributed by atoms with Crippen LogP contribution in [0, 0.1) is 16.2 Å². The smallest absolute Gasteiger partial charge is 0.204 e. The standard InChI is InChI=1S/C31H50N2O5Si/c1-28(2,3)23-17-34-26(32-23)31(27-33-24(18-35-27)29(4,5)6)19-36-25(37-20-31)22-14-12-21(13-15-22)16-38-39(10,11)30(7,8)9/h12-15,23-25H,16-20H2,1-11H3/t23-,24-/m1/s1. The average molecular weight is 559 g/mol. The molecule has 0 bridgehead atoms. The van der Waals surface area contributed by atoms with Gasteiger partial charge in [-0.25, -0.2) is 9.98 Å². The maximum Gasteiger partial charge on any atom is 0.204 e. The highest BCUT2D eigenvalue weighted by Crippen LogP contribution is 2.41. The lowest BCUT2D eigenvalue weighted by atomic mass is 9.86. The molecule has 2 atom stereocenters. The van der Waals surface area contributed by atoms with Gasteiger partial charge in [-0.1, -0.05) is 86.6 Å². The summed E-state index contributed by atoms with van der Waals surface area (Å²) in [4.78, 5) is 10.0. The van der Waals surface area contributed by atoms with Crippen LogP contribution < -0.4 is 0 Å². The molecule has 0 spiro atoms. The van der Waals surface area contributed by atoms with Crippen LogP contribution in [0.15, 0.2) is 34.3 Å². The van der Waals surface area contributed by atoms with E-state index in [2.05, 4.69) is 99.7 Å². The van der Waals surface area contributed by atoms with E-state index in [9.17, 15) is 0 Å². The Labute approximate surface area is 236 Å². The minimum Gasteiger partial charge on any atom is -0.478 e. The fourth-order valence-electron chi connectivity index (χ4n) is 4.47. The zero-order valence-electron chi connectivity index (χ0n) is 26.0. The molecule has 0 saturated carbocycles. The van der Waals surface area contributed by atoms with Crippen LogP contribution in [0.2, 0.25) is 18.1 Å². The number of hydrogen-bond acceptors (Lipinski definition) is 7. The molecule has 8 heteroatoms. The molecular formula is C31H50N2O5Si. The third kappa shape index (κ3) is 6.44. The third-order valence-electron chi connectivity index (χ3n) is 8.74. The van der Waals surface area contributed by atoms with Gasteiger partial charge in [-0.3, -0.25) is 0 Å². The summed E-state index contributed by atoms with van der Waals surface area (Å²) in [5, 5.41) is 0.184. The summed E-state index contributed by atoms with van der Waals surface area (Å²) in [5.41, 5.74) is 1.32. The summed E-state index contributed by atoms with van der Waals surface area (Å²) in [6.45, 7) is 26.8. The molecule has 39 heavy (non-hydrogen) atoms. The average Bonchev–Trinajstić information content (AvgIpc) is 3.53. The maximum absolute atomic E-state index is 6.39. The van der Waals surface area contributed by atoms with Gasteiger partial charge in [0.05, 0.1) is 31.9 Å². The molecule has 1 aromatic carbocycles. The van der Waals surface area contributed by atoms with Crippen LogP contribution in [0.4, 0.5) is 0 Å². The molecular weight excluding hydrogens is 508 g/mol. The van der Waals surface area contributed by atoms with Crippen molar-refractivity contribution in [3.8, 4) is 0 Å². The van der Waals surface area contributed by atoms with Crippen molar-refractivity contribution in [2.75, 3.05) is 26.4 Å². The number of nitrogens with zero attached hydrogens (tertiary/aromatic N) is 2. The van der Waals surface area contributed by atoms with Gasteiger partial charge < -0.3 is 23.4 Å². The molecule has 7 nitrogen and oxygen atoms in total. The van der Waals surface area contributed by atoms with Gasteiger partial charge in [-0.15, -0.1) is 0 Å². The van der Waals surface area contributed by atoms with Crippen molar-refractivity contribution in [2.45, 2.75) is 105 Å². The molecule has 3 aliphatic heterocycles. The van der Waals surface area contributed by atoms with E-state index in [1.807, 2.05) is 0 Å². The van der Waals surface area contributed by atoms with Crippen LogP contribution in [-0.4, -0.2) is 58.6 Å². The molecule has 3 heterocycles. The highest BCUT2D eigenvalue weighted by Gasteiger charge is 2.54. The van der Waals surface area contributed by atoms with Gasteiger partial charge in [0.2, 0.25) is 11.8 Å². The summed E-state index contributed by atoms with van der Waals surface area (Å²) in [6, 6.07) is 8.47. The molecule has 1 fully saturated rings. The molecule has 0 unspecified atom stereocenters. The van der Waals surface area contributed by atoms with Crippen molar-refractivity contribution < 1.29 is 23.4 Å². The van der Waals surface area contributed by atoms with E-state index in [0.717, 1.165) is 11.1 Å². The zero-order valence-corrected chi connectivity index (χ0v) is 27.0. The van der Waals surface area contributed by atoms with E-state index in [1.54, 1.807) is 0 Å². The number of hydrogen-bond donors (Lipinski definition) is 0. The van der Waals surface area contributed by atoms with Gasteiger partial charge in [0.25, 0.3) is 0 Å². The first-order valence-corrected chi connectivity index (χ1v) is 17.2. The van der Waals surface area contributed by atoms with Crippen LogP contribution >= 0.6 is 0 Å². The molecule has 0 N–H and O–H groups in total. The Kier molecular flexibility index (Phi) is 8.20. The van der Waals surface area contributed by atoms with Gasteiger partial charge in [-0.05, 0) is 34.5 Å². The van der Waals surface area contributed by atoms with Crippen molar-refractivity contribution in [3.05, 3.63) is 35.4 Å². The lowest BCUT2D eigenvalue weighted by molar-refractivity contribution is -0.209. The summed E-state index contributed by atoms with van der Waals surface area (Å²) in [5.74, 6) is 1.24. The van der Waals surface area contributed by atoms with E-state index in [1.165, 1.54) is 0 Å². The quantitative estimate of drug-likeness (QED) is 0.354. The third-order valence-corrected chi connectivity index (χ3v) is 13.2. The van der Waals surface area contributed by atoms with Gasteiger partial charge in [-0.2, -0.15) is 0 Å². The van der Waals surface area contributed by atoms with Crippen molar-refractivity contribution >= 4 is 20.1 Å². The second-order valence-electron chi connectivity index (χ2n) is 15.1. The second-order valence-corrected chi connectivity index (χ2v) is 19.9. The zero-order chi connectivity index (χ0) is 28.9. The molecule has 1 aromatic rings. The van der Waals surface area contributed by atoms with E-state index in [-0.39, 0.29) is 28.0 Å². The summed E-state index contributed by atoms with van der Waals surface area (Å²) < 4.78 is 31.6. The van der Waals surface area contributed by atoms with E-state index in [0.29, 0.717) is 44.8 Å². The van der Waals surface area contributed by atoms with E-state index in [4.69, 9.17) is 33.4 Å². The molecule has 3 aliphatic rings. The van der Waals surface area contributed by atoms with Crippen LogP contribution in [0.5, 0.6) is 0 Å². The minimum atomic E-state index is -1.81. The monoisotopic (exact) mass is 558 g/mol. The molecule has 4 rings (SSSR count). The largest absolute Gasteiger partial charge is 0.478 e. The number of benzene rings is 1. The van der Waals surface area contributed by atoms with E-state index < -0.39 is 20.0 Å². The van der Waals surface area contributed by atoms with Crippen LogP contribution in [0.1, 0.15) is 79.7 Å². The summed E-state index contributed by atoms with van der Waals surface area (Å²) in [7, 11) is -1.81. The topological polar surface area (TPSA) is 70.9 Å². The molecule has 0 radical (unpaired) electrons. The number of rotatable bonds is 6. The van der Waals surface area contributed by atoms with E-state index >= 15 is 0 Å². The van der Waals surface area contributed by atoms with Crippen molar-refractivity contribution in [3.63, 3.8) is 0 Å². The first kappa shape index (κ1) is 30.2. The van der Waals surface area contributed by atoms with Gasteiger partial charge in [0.1, 0.15) is 13.2 Å². The summed E-state index contributed by atoms with van der Waals surface area (Å²) in [6.07, 6.45) is -0.477. The van der Waals surface area contributed by atoms with Gasteiger partial charge in [0.15, 0.2) is 20.0 Å². The van der Waals surface area contributed by atoms with Gasteiger partial charge in [0, 0.05) is 5.56 Å². The number of aliphatic imine (C=N–C) groups is 2.